The van der Waals surface area contributed by atoms with Crippen molar-refractivity contribution in [1.29, 1.82) is 5.26 Å². The molecule has 2 bridgehead atoms. The zero-order valence-electron chi connectivity index (χ0n) is 13.3. The summed E-state index contributed by atoms with van der Waals surface area (Å²) in [5.74, 6) is -0.383. The van der Waals surface area contributed by atoms with Crippen LogP contribution in [-0.4, -0.2) is 33.8 Å². The van der Waals surface area contributed by atoms with Crippen molar-refractivity contribution < 1.29 is 4.79 Å². The summed E-state index contributed by atoms with van der Waals surface area (Å²) in [6, 6.07) is 9.08. The normalized spacial score (nSPS) is 26.1. The molecule has 6 nitrogen and oxygen atoms in total. The zero-order chi connectivity index (χ0) is 16.7. The lowest BCUT2D eigenvalue weighted by Crippen LogP contribution is -2.42. The minimum absolute atomic E-state index is 0.340. The molecular formula is C18H19N5O. The quantitative estimate of drug-likeness (QED) is 0.535. The molecular weight excluding hydrogens is 302 g/mol. The van der Waals surface area contributed by atoms with Gasteiger partial charge in [0.25, 0.3) is 5.91 Å². The molecule has 1 aromatic carbocycles. The highest BCUT2D eigenvalue weighted by Crippen LogP contribution is 2.41. The van der Waals surface area contributed by atoms with E-state index in [1.54, 1.807) is 6.34 Å². The van der Waals surface area contributed by atoms with Crippen LogP contribution in [0.4, 0.5) is 0 Å². The molecule has 1 amide bonds. The molecule has 0 saturated carbocycles. The van der Waals surface area contributed by atoms with Crippen LogP contribution in [0.5, 0.6) is 0 Å². The third kappa shape index (κ3) is 2.24. The van der Waals surface area contributed by atoms with Crippen LogP contribution >= 0.6 is 0 Å². The average molecular weight is 321 g/mol. The van der Waals surface area contributed by atoms with Crippen LogP contribution in [0.3, 0.4) is 0 Å². The number of nitrogens with zero attached hydrogens (tertiary/aromatic N) is 4. The maximum atomic E-state index is 11.8. The van der Waals surface area contributed by atoms with Gasteiger partial charge >= 0.3 is 0 Å². The van der Waals surface area contributed by atoms with E-state index in [2.05, 4.69) is 14.5 Å². The van der Waals surface area contributed by atoms with Crippen LogP contribution in [0.25, 0.3) is 10.9 Å². The lowest BCUT2D eigenvalue weighted by Gasteiger charge is -2.38. The Hall–Kier alpha value is -2.81. The van der Waals surface area contributed by atoms with Gasteiger partial charge in [-0.15, -0.1) is 0 Å². The third-order valence-corrected chi connectivity index (χ3v) is 5.41. The Morgan fingerprint density at radius 1 is 1.25 bits per heavy atom. The number of piperidine rings is 1. The van der Waals surface area contributed by atoms with Crippen molar-refractivity contribution in [1.82, 2.24) is 9.47 Å². The molecule has 6 heteroatoms. The molecule has 2 N–H and O–H groups in total. The molecule has 0 radical (unpaired) electrons. The number of hydrogen-bond donors (Lipinski definition) is 1. The van der Waals surface area contributed by atoms with Crippen LogP contribution in [0, 0.1) is 11.5 Å². The number of carbonyl (C=O) groups is 1. The molecule has 2 aromatic rings. The highest BCUT2D eigenvalue weighted by atomic mass is 16.1. The standard InChI is InChI=1S/C18H19N5O/c19-10-21-11-23-12-5-6-13(23)8-14(7-12)22-9-16(18(20)24)15-3-1-2-4-17(15)22/h1-4,9,11-14H,5-8H2,(H2,20,24). The first kappa shape index (κ1) is 14.8. The molecule has 2 saturated heterocycles. The first-order valence-electron chi connectivity index (χ1n) is 8.28. The molecule has 3 heterocycles. The number of nitrogens with two attached hydrogens (primary N) is 1. The van der Waals surface area contributed by atoms with E-state index in [-0.39, 0.29) is 5.91 Å². The van der Waals surface area contributed by atoms with Crippen molar-refractivity contribution in [3.8, 4) is 6.19 Å². The summed E-state index contributed by atoms with van der Waals surface area (Å²) in [5, 5.41) is 9.59. The van der Waals surface area contributed by atoms with Crippen molar-refractivity contribution >= 4 is 23.1 Å². The topological polar surface area (TPSA) is 87.4 Å². The fourth-order valence-corrected chi connectivity index (χ4v) is 4.40. The first-order chi connectivity index (χ1) is 11.7. The minimum atomic E-state index is -0.383. The lowest BCUT2D eigenvalue weighted by molar-refractivity contribution is 0.100. The number of para-hydroxylation sites is 1. The van der Waals surface area contributed by atoms with E-state index >= 15 is 0 Å². The van der Waals surface area contributed by atoms with Crippen molar-refractivity contribution in [2.24, 2.45) is 10.7 Å². The van der Waals surface area contributed by atoms with E-state index in [0.717, 1.165) is 36.6 Å². The third-order valence-electron chi connectivity index (χ3n) is 5.41. The van der Waals surface area contributed by atoms with Gasteiger partial charge in [-0.3, -0.25) is 4.79 Å². The second-order valence-electron chi connectivity index (χ2n) is 6.63. The van der Waals surface area contributed by atoms with Gasteiger partial charge in [-0.25, -0.2) is 0 Å². The Morgan fingerprint density at radius 2 is 1.96 bits per heavy atom. The second-order valence-corrected chi connectivity index (χ2v) is 6.63. The van der Waals surface area contributed by atoms with E-state index in [1.807, 2.05) is 36.7 Å². The van der Waals surface area contributed by atoms with Gasteiger partial charge in [0.1, 0.15) is 6.34 Å². The van der Waals surface area contributed by atoms with Crippen molar-refractivity contribution in [2.75, 3.05) is 0 Å². The molecule has 2 atom stereocenters. The van der Waals surface area contributed by atoms with Gasteiger partial charge in [-0.05, 0) is 31.7 Å². The number of aromatic nitrogens is 1. The maximum Gasteiger partial charge on any atom is 0.250 e. The predicted octanol–water partition coefficient (Wildman–Crippen LogP) is 2.42. The van der Waals surface area contributed by atoms with Gasteiger partial charge in [0.05, 0.1) is 5.56 Å². The first-order valence-corrected chi connectivity index (χ1v) is 8.28. The number of nitriles is 1. The predicted molar refractivity (Wildman–Crippen MR) is 91.5 cm³/mol. The number of hydrogen-bond acceptors (Lipinski definition) is 3. The summed E-state index contributed by atoms with van der Waals surface area (Å²) in [7, 11) is 0. The monoisotopic (exact) mass is 321 g/mol. The lowest BCUT2D eigenvalue weighted by atomic mass is 9.97. The molecule has 2 aliphatic rings. The number of amides is 1. The number of fused-ring (bicyclic) bond motifs is 3. The summed E-state index contributed by atoms with van der Waals surface area (Å²) in [4.78, 5) is 17.8. The van der Waals surface area contributed by atoms with Gasteiger partial charge in [-0.2, -0.15) is 10.3 Å². The van der Waals surface area contributed by atoms with Crippen molar-refractivity contribution in [3.63, 3.8) is 0 Å². The summed E-state index contributed by atoms with van der Waals surface area (Å²) >= 11 is 0. The Balaban J connectivity index is 1.69. The molecule has 1 aromatic heterocycles. The Kier molecular flexibility index (Phi) is 3.49. The van der Waals surface area contributed by atoms with Gasteiger partial charge in [0, 0.05) is 35.2 Å². The van der Waals surface area contributed by atoms with Crippen LogP contribution in [-0.2, 0) is 0 Å². The smallest absolute Gasteiger partial charge is 0.250 e. The van der Waals surface area contributed by atoms with Gasteiger partial charge < -0.3 is 15.2 Å². The number of benzene rings is 1. The minimum Gasteiger partial charge on any atom is -0.366 e. The Labute approximate surface area is 140 Å². The number of aliphatic imine (C=N–C) groups is 1. The number of rotatable bonds is 3. The van der Waals surface area contributed by atoms with Crippen molar-refractivity contribution in [2.45, 2.75) is 43.8 Å². The van der Waals surface area contributed by atoms with Crippen LogP contribution in [0.15, 0.2) is 35.5 Å². The Bertz CT molecular complexity index is 848. The summed E-state index contributed by atoms with van der Waals surface area (Å²) in [6.07, 6.45) is 9.68. The van der Waals surface area contributed by atoms with Gasteiger partial charge in [0.15, 0.2) is 0 Å². The molecule has 2 aliphatic heterocycles. The summed E-state index contributed by atoms with van der Waals surface area (Å²) in [5.41, 5.74) is 7.21. The SMILES string of the molecule is N#CN=CN1C2CCC1CC(n1cc(C(N)=O)c3ccccc31)C2. The van der Waals surface area contributed by atoms with E-state index in [4.69, 9.17) is 11.0 Å². The molecule has 2 unspecified atom stereocenters. The highest BCUT2D eigenvalue weighted by molar-refractivity contribution is 6.06. The zero-order valence-corrected chi connectivity index (χ0v) is 13.3. The second kappa shape index (κ2) is 5.68. The van der Waals surface area contributed by atoms with Crippen LogP contribution in [0.1, 0.15) is 42.1 Å². The molecule has 0 aliphatic carbocycles. The van der Waals surface area contributed by atoms with E-state index in [0.29, 0.717) is 23.7 Å². The van der Waals surface area contributed by atoms with Gasteiger partial charge in [0.2, 0.25) is 6.19 Å². The molecule has 0 spiro atoms. The van der Waals surface area contributed by atoms with E-state index < -0.39 is 0 Å². The molecule has 24 heavy (non-hydrogen) atoms. The van der Waals surface area contributed by atoms with E-state index in [1.165, 1.54) is 0 Å². The summed E-state index contributed by atoms with van der Waals surface area (Å²) < 4.78 is 2.22. The van der Waals surface area contributed by atoms with Crippen LogP contribution in [0.2, 0.25) is 0 Å². The Morgan fingerprint density at radius 3 is 2.62 bits per heavy atom. The maximum absolute atomic E-state index is 11.8. The summed E-state index contributed by atoms with van der Waals surface area (Å²) in [6.45, 7) is 0. The van der Waals surface area contributed by atoms with E-state index in [9.17, 15) is 4.79 Å². The molecule has 122 valence electrons. The van der Waals surface area contributed by atoms with Gasteiger partial charge in [-0.1, -0.05) is 18.2 Å². The number of carbonyl (C=O) groups excluding carboxylic acids is 1. The van der Waals surface area contributed by atoms with Crippen LogP contribution < -0.4 is 5.73 Å². The van der Waals surface area contributed by atoms with Crippen molar-refractivity contribution in [3.05, 3.63) is 36.0 Å². The molecule has 4 rings (SSSR count). The largest absolute Gasteiger partial charge is 0.366 e. The fourth-order valence-electron chi connectivity index (χ4n) is 4.40. The fraction of sp³-hybridized carbons (Fsp3) is 0.389. The highest BCUT2D eigenvalue weighted by Gasteiger charge is 2.40. The molecule has 2 fully saturated rings. The average Bonchev–Trinajstić information content (AvgIpc) is 3.08. The number of primary amides is 1.